The molecule has 1 N–H and O–H groups in total. The predicted molar refractivity (Wildman–Crippen MR) is 71.3 cm³/mol. The zero-order chi connectivity index (χ0) is 15.6. The van der Waals surface area contributed by atoms with Gasteiger partial charge >= 0.3 is 6.18 Å². The van der Waals surface area contributed by atoms with Crippen molar-refractivity contribution < 1.29 is 22.4 Å². The van der Waals surface area contributed by atoms with Gasteiger partial charge in [-0.3, -0.25) is 4.79 Å². The number of alkyl halides is 3. The molecule has 0 radical (unpaired) electrons. The Bertz CT molecular complexity index is 671. The van der Waals surface area contributed by atoms with Gasteiger partial charge in [0.05, 0.1) is 16.8 Å². The maximum atomic E-state index is 13.5. The molecule has 0 unspecified atom stereocenters. The number of pyridine rings is 1. The van der Waals surface area contributed by atoms with Gasteiger partial charge in [0.1, 0.15) is 10.4 Å². The summed E-state index contributed by atoms with van der Waals surface area (Å²) in [5.74, 6) is -1.71. The highest BCUT2D eigenvalue weighted by Gasteiger charge is 2.31. The maximum absolute atomic E-state index is 13.5. The normalized spacial score (nSPS) is 11.3. The molecule has 0 atom stereocenters. The molecule has 1 heterocycles. The summed E-state index contributed by atoms with van der Waals surface area (Å²) in [6.07, 6.45) is -3.41. The van der Waals surface area contributed by atoms with Crippen LogP contribution in [0.5, 0.6) is 0 Å². The molecular formula is C13H7BrF4N2O. The Kier molecular flexibility index (Phi) is 4.26. The molecule has 0 aliphatic heterocycles. The van der Waals surface area contributed by atoms with Gasteiger partial charge in [0.25, 0.3) is 5.91 Å². The molecule has 1 aromatic heterocycles. The number of nitrogens with one attached hydrogen (secondary N) is 1. The lowest BCUT2D eigenvalue weighted by Gasteiger charge is -2.11. The summed E-state index contributed by atoms with van der Waals surface area (Å²) < 4.78 is 51.6. The van der Waals surface area contributed by atoms with Crippen molar-refractivity contribution >= 4 is 27.5 Å². The van der Waals surface area contributed by atoms with E-state index in [1.165, 1.54) is 18.3 Å². The van der Waals surface area contributed by atoms with Crippen LogP contribution in [0, 0.1) is 5.82 Å². The first kappa shape index (κ1) is 15.4. The van der Waals surface area contributed by atoms with E-state index in [0.29, 0.717) is 22.8 Å². The lowest BCUT2D eigenvalue weighted by atomic mass is 10.1. The van der Waals surface area contributed by atoms with Gasteiger partial charge in [-0.2, -0.15) is 13.2 Å². The van der Waals surface area contributed by atoms with E-state index >= 15 is 0 Å². The molecular weight excluding hydrogens is 356 g/mol. The molecule has 0 aliphatic rings. The van der Waals surface area contributed by atoms with Crippen LogP contribution in [0.15, 0.2) is 41.1 Å². The van der Waals surface area contributed by atoms with E-state index in [1.54, 1.807) is 0 Å². The van der Waals surface area contributed by atoms with Crippen LogP contribution in [0.3, 0.4) is 0 Å². The average Bonchev–Trinajstić information content (AvgIpc) is 2.40. The molecule has 1 amide bonds. The predicted octanol–water partition coefficient (Wildman–Crippen LogP) is 4.25. The van der Waals surface area contributed by atoms with Gasteiger partial charge in [0.2, 0.25) is 0 Å². The first-order chi connectivity index (χ1) is 9.77. The summed E-state index contributed by atoms with van der Waals surface area (Å²) in [6.45, 7) is 0. The fourth-order valence-corrected chi connectivity index (χ4v) is 1.74. The van der Waals surface area contributed by atoms with E-state index in [2.05, 4.69) is 26.2 Å². The van der Waals surface area contributed by atoms with Gasteiger partial charge in [-0.25, -0.2) is 9.37 Å². The summed E-state index contributed by atoms with van der Waals surface area (Å²) in [6, 6.07) is 4.68. The number of rotatable bonds is 2. The van der Waals surface area contributed by atoms with E-state index in [0.717, 1.165) is 0 Å². The van der Waals surface area contributed by atoms with Crippen molar-refractivity contribution in [3.8, 4) is 0 Å². The molecule has 0 aliphatic carbocycles. The maximum Gasteiger partial charge on any atom is 0.416 e. The second-order valence-corrected chi connectivity index (χ2v) is 4.83. The Labute approximate surface area is 125 Å². The minimum absolute atomic E-state index is 0.0926. The monoisotopic (exact) mass is 362 g/mol. The van der Waals surface area contributed by atoms with Crippen LogP contribution < -0.4 is 5.32 Å². The second-order valence-electron chi connectivity index (χ2n) is 4.02. The molecule has 3 nitrogen and oxygen atoms in total. The quantitative estimate of drug-likeness (QED) is 0.640. The number of nitrogens with zero attached hydrogens (tertiary/aromatic N) is 1. The average molecular weight is 363 g/mol. The van der Waals surface area contributed by atoms with Crippen LogP contribution in [0.1, 0.15) is 15.9 Å². The van der Waals surface area contributed by atoms with Crippen molar-refractivity contribution in [1.29, 1.82) is 0 Å². The zero-order valence-corrected chi connectivity index (χ0v) is 11.8. The molecule has 2 aromatic rings. The van der Waals surface area contributed by atoms with Crippen molar-refractivity contribution in [3.63, 3.8) is 0 Å². The van der Waals surface area contributed by atoms with E-state index in [9.17, 15) is 22.4 Å². The smallest absolute Gasteiger partial charge is 0.319 e. The van der Waals surface area contributed by atoms with Crippen molar-refractivity contribution in [1.82, 2.24) is 4.98 Å². The van der Waals surface area contributed by atoms with Gasteiger partial charge in [-0.1, -0.05) is 0 Å². The van der Waals surface area contributed by atoms with Gasteiger partial charge in [-0.05, 0) is 46.3 Å². The molecule has 8 heteroatoms. The fourth-order valence-electron chi connectivity index (χ4n) is 1.50. The summed E-state index contributed by atoms with van der Waals surface area (Å²) in [4.78, 5) is 15.6. The topological polar surface area (TPSA) is 42.0 Å². The molecule has 1 aromatic carbocycles. The third kappa shape index (κ3) is 3.78. The Morgan fingerprint density at radius 2 is 1.90 bits per heavy atom. The van der Waals surface area contributed by atoms with E-state index in [4.69, 9.17) is 0 Å². The highest BCUT2D eigenvalue weighted by molar-refractivity contribution is 9.10. The van der Waals surface area contributed by atoms with Crippen molar-refractivity contribution in [3.05, 3.63) is 58.1 Å². The minimum Gasteiger partial charge on any atom is -0.319 e. The van der Waals surface area contributed by atoms with E-state index < -0.39 is 29.2 Å². The number of carbonyl (C=O) groups excluding carboxylic acids is 1. The third-order valence-electron chi connectivity index (χ3n) is 2.53. The lowest BCUT2D eigenvalue weighted by Crippen LogP contribution is -2.14. The SMILES string of the molecule is O=C(Nc1cc(C(F)(F)F)ccc1F)c1ccc(Br)nc1. The molecule has 0 fully saturated rings. The summed E-state index contributed by atoms with van der Waals surface area (Å²) in [5.41, 5.74) is -1.50. The zero-order valence-electron chi connectivity index (χ0n) is 10.2. The van der Waals surface area contributed by atoms with Crippen LogP contribution in [-0.2, 0) is 6.18 Å². The molecule has 21 heavy (non-hydrogen) atoms. The first-order valence-corrected chi connectivity index (χ1v) is 6.36. The molecule has 0 saturated heterocycles. The van der Waals surface area contributed by atoms with Crippen LogP contribution in [0.4, 0.5) is 23.2 Å². The third-order valence-corrected chi connectivity index (χ3v) is 3.00. The van der Waals surface area contributed by atoms with E-state index in [-0.39, 0.29) is 5.56 Å². The van der Waals surface area contributed by atoms with Crippen LogP contribution >= 0.6 is 15.9 Å². The fraction of sp³-hybridized carbons (Fsp3) is 0.0769. The van der Waals surface area contributed by atoms with Crippen molar-refractivity contribution in [2.24, 2.45) is 0 Å². The Hall–Kier alpha value is -1.96. The molecule has 110 valence electrons. The second kappa shape index (κ2) is 5.80. The Balaban J connectivity index is 2.26. The standard InChI is InChI=1S/C13H7BrF4N2O/c14-11-4-1-7(6-19-11)12(21)20-10-5-8(13(16,17)18)2-3-9(10)15/h1-6H,(H,20,21). The number of aromatic nitrogens is 1. The Morgan fingerprint density at radius 1 is 1.19 bits per heavy atom. The first-order valence-electron chi connectivity index (χ1n) is 5.57. The van der Waals surface area contributed by atoms with Gasteiger partial charge in [0, 0.05) is 6.20 Å². The number of carbonyl (C=O) groups is 1. The largest absolute Gasteiger partial charge is 0.416 e. The molecule has 0 spiro atoms. The van der Waals surface area contributed by atoms with Gasteiger partial charge in [0.15, 0.2) is 0 Å². The van der Waals surface area contributed by atoms with Gasteiger partial charge in [-0.15, -0.1) is 0 Å². The van der Waals surface area contributed by atoms with Crippen LogP contribution in [0.2, 0.25) is 0 Å². The minimum atomic E-state index is -4.62. The summed E-state index contributed by atoms with van der Waals surface area (Å²) >= 11 is 3.08. The number of benzene rings is 1. The highest BCUT2D eigenvalue weighted by Crippen LogP contribution is 2.31. The molecule has 0 saturated carbocycles. The number of anilines is 1. The Morgan fingerprint density at radius 3 is 2.48 bits per heavy atom. The number of hydrogen-bond acceptors (Lipinski definition) is 2. The van der Waals surface area contributed by atoms with Crippen LogP contribution in [0.25, 0.3) is 0 Å². The number of amides is 1. The molecule has 2 rings (SSSR count). The van der Waals surface area contributed by atoms with Crippen molar-refractivity contribution in [2.75, 3.05) is 5.32 Å². The lowest BCUT2D eigenvalue weighted by molar-refractivity contribution is -0.137. The summed E-state index contributed by atoms with van der Waals surface area (Å²) in [5, 5.41) is 2.09. The highest BCUT2D eigenvalue weighted by atomic mass is 79.9. The summed E-state index contributed by atoms with van der Waals surface area (Å²) in [7, 11) is 0. The van der Waals surface area contributed by atoms with E-state index in [1.807, 2.05) is 0 Å². The van der Waals surface area contributed by atoms with Crippen LogP contribution in [-0.4, -0.2) is 10.9 Å². The number of halogens is 5. The van der Waals surface area contributed by atoms with Crippen molar-refractivity contribution in [2.45, 2.75) is 6.18 Å². The molecule has 0 bridgehead atoms. The number of hydrogen-bond donors (Lipinski definition) is 1. The van der Waals surface area contributed by atoms with Gasteiger partial charge < -0.3 is 5.32 Å².